The molecular formula is C27H34N4O2S. The van der Waals surface area contributed by atoms with E-state index in [2.05, 4.69) is 43.9 Å². The summed E-state index contributed by atoms with van der Waals surface area (Å²) in [6.45, 7) is 9.70. The summed E-state index contributed by atoms with van der Waals surface area (Å²) < 4.78 is 29.6. The van der Waals surface area contributed by atoms with Crippen molar-refractivity contribution in [3.05, 3.63) is 77.3 Å². The van der Waals surface area contributed by atoms with Crippen molar-refractivity contribution in [3.8, 4) is 5.82 Å². The van der Waals surface area contributed by atoms with Crippen molar-refractivity contribution in [2.45, 2.75) is 50.8 Å². The summed E-state index contributed by atoms with van der Waals surface area (Å²) in [4.78, 5) is 4.94. The lowest BCUT2D eigenvalue weighted by atomic mass is 9.70. The quantitative estimate of drug-likeness (QED) is 0.568. The SMILES string of the molecule is CC(C)(C)c1ccc(S(C)(=O)(O)N2CCC3=Cc4c(cnn4-c4ccccn4)C[C@]3(C)C2)cc1. The van der Waals surface area contributed by atoms with E-state index in [-0.39, 0.29) is 10.8 Å². The molecule has 1 fully saturated rings. The standard InChI is InChI=1S/C27H34N4O2S/c1-26(2,3)21-9-11-23(12-10-21)34(5,32,33)30-15-13-22-16-24-20(17-27(22,4)19-30)18-29-31(24)25-8-6-7-14-28-25/h6-12,14,16,18H,13,15,17,19H2,1-5H3,(H,32,33)/t27-/m1/s1. The average molecular weight is 479 g/mol. The molecule has 1 atom stereocenters. The van der Waals surface area contributed by atoms with Gasteiger partial charge < -0.3 is 0 Å². The maximum atomic E-state index is 14.2. The Labute approximate surface area is 202 Å². The lowest BCUT2D eigenvalue weighted by Gasteiger charge is -2.55. The Bertz CT molecular complexity index is 1330. The van der Waals surface area contributed by atoms with Gasteiger partial charge in [0.1, 0.15) is 0 Å². The molecule has 0 spiro atoms. The first-order valence-electron chi connectivity index (χ1n) is 11.8. The van der Waals surface area contributed by atoms with Gasteiger partial charge in [-0.05, 0) is 59.7 Å². The van der Waals surface area contributed by atoms with E-state index in [1.54, 1.807) is 6.20 Å². The summed E-state index contributed by atoms with van der Waals surface area (Å²) in [5.41, 5.74) is 4.44. The van der Waals surface area contributed by atoms with Crippen LogP contribution in [0.5, 0.6) is 0 Å². The van der Waals surface area contributed by atoms with Crippen molar-refractivity contribution in [2.75, 3.05) is 19.3 Å². The molecule has 3 heterocycles. The number of fused-ring (bicyclic) bond motifs is 2. The highest BCUT2D eigenvalue weighted by Crippen LogP contribution is 2.48. The van der Waals surface area contributed by atoms with Gasteiger partial charge in [0, 0.05) is 31.0 Å². The molecule has 0 unspecified atom stereocenters. The van der Waals surface area contributed by atoms with E-state index in [9.17, 15) is 8.76 Å². The summed E-state index contributed by atoms with van der Waals surface area (Å²) in [5, 5.41) is 4.61. The largest absolute Gasteiger partial charge is 0.286 e. The van der Waals surface area contributed by atoms with Gasteiger partial charge in [-0.2, -0.15) is 9.31 Å². The lowest BCUT2D eigenvalue weighted by molar-refractivity contribution is 0.216. The van der Waals surface area contributed by atoms with Crippen LogP contribution < -0.4 is 0 Å². The Morgan fingerprint density at radius 1 is 1.12 bits per heavy atom. The van der Waals surface area contributed by atoms with Gasteiger partial charge in [0.05, 0.1) is 16.8 Å². The number of rotatable bonds is 3. The second-order valence-corrected chi connectivity index (χ2v) is 14.6. The van der Waals surface area contributed by atoms with Crippen molar-refractivity contribution in [1.82, 2.24) is 19.1 Å². The van der Waals surface area contributed by atoms with Crippen molar-refractivity contribution in [3.63, 3.8) is 0 Å². The molecule has 0 bridgehead atoms. The fourth-order valence-corrected chi connectivity index (χ4v) is 7.42. The Morgan fingerprint density at radius 3 is 2.50 bits per heavy atom. The van der Waals surface area contributed by atoms with E-state index < -0.39 is 9.53 Å². The van der Waals surface area contributed by atoms with E-state index in [0.717, 1.165) is 35.5 Å². The first-order chi connectivity index (χ1) is 15.9. The number of piperidine rings is 1. The number of benzene rings is 1. The molecule has 1 aliphatic carbocycles. The molecule has 5 rings (SSSR count). The number of pyridine rings is 1. The predicted molar refractivity (Wildman–Crippen MR) is 137 cm³/mol. The maximum Gasteiger partial charge on any atom is 0.153 e. The summed E-state index contributed by atoms with van der Waals surface area (Å²) >= 11 is 0. The summed E-state index contributed by atoms with van der Waals surface area (Å²) in [5.74, 6) is 0.799. The van der Waals surface area contributed by atoms with Gasteiger partial charge in [0.15, 0.2) is 5.82 Å². The zero-order valence-electron chi connectivity index (χ0n) is 20.7. The van der Waals surface area contributed by atoms with Gasteiger partial charge in [0.2, 0.25) is 0 Å². The molecule has 1 saturated heterocycles. The van der Waals surface area contributed by atoms with Gasteiger partial charge in [0.25, 0.3) is 0 Å². The highest BCUT2D eigenvalue weighted by Gasteiger charge is 2.45. The molecule has 1 N–H and O–H groups in total. The molecule has 0 radical (unpaired) electrons. The molecular weight excluding hydrogens is 444 g/mol. The van der Waals surface area contributed by atoms with Crippen LogP contribution in [0.15, 0.2) is 65.3 Å². The van der Waals surface area contributed by atoms with E-state index in [4.69, 9.17) is 0 Å². The molecule has 34 heavy (non-hydrogen) atoms. The van der Waals surface area contributed by atoms with Gasteiger partial charge in [-0.25, -0.2) is 14.0 Å². The maximum absolute atomic E-state index is 14.2. The second kappa shape index (κ2) is 7.44. The van der Waals surface area contributed by atoms with Crippen LogP contribution >= 0.6 is 0 Å². The van der Waals surface area contributed by atoms with Crippen LogP contribution in [0.2, 0.25) is 0 Å². The van der Waals surface area contributed by atoms with Crippen LogP contribution in [0.4, 0.5) is 0 Å². The average Bonchev–Trinajstić information content (AvgIpc) is 3.18. The third-order valence-corrected chi connectivity index (χ3v) is 10.3. The van der Waals surface area contributed by atoms with Crippen molar-refractivity contribution in [2.24, 2.45) is 5.41 Å². The first-order valence-corrected chi connectivity index (χ1v) is 14.1. The third kappa shape index (κ3) is 3.76. The van der Waals surface area contributed by atoms with Crippen molar-refractivity contribution >= 4 is 15.6 Å². The molecule has 6 nitrogen and oxygen atoms in total. The fourth-order valence-electron chi connectivity index (χ4n) is 5.25. The summed E-state index contributed by atoms with van der Waals surface area (Å²) in [6.07, 6.45) is 8.94. The van der Waals surface area contributed by atoms with E-state index >= 15 is 0 Å². The van der Waals surface area contributed by atoms with Crippen LogP contribution in [0, 0.1) is 5.41 Å². The molecule has 180 valence electrons. The molecule has 0 saturated carbocycles. The monoisotopic (exact) mass is 478 g/mol. The minimum atomic E-state index is -4.19. The van der Waals surface area contributed by atoms with Crippen LogP contribution in [-0.2, 0) is 21.4 Å². The Morgan fingerprint density at radius 2 is 1.85 bits per heavy atom. The Hall–Kier alpha value is -2.61. The molecule has 3 aromatic rings. The summed E-state index contributed by atoms with van der Waals surface area (Å²) in [6, 6.07) is 13.4. The second-order valence-electron chi connectivity index (χ2n) is 11.2. The van der Waals surface area contributed by atoms with Crippen molar-refractivity contribution in [1.29, 1.82) is 0 Å². The van der Waals surface area contributed by atoms with Crippen LogP contribution in [-0.4, -0.2) is 47.2 Å². The molecule has 1 aliphatic heterocycles. The highest BCUT2D eigenvalue weighted by atomic mass is 32.3. The fraction of sp³-hybridized carbons (Fsp3) is 0.407. The number of hydrogen-bond acceptors (Lipinski definition) is 3. The van der Waals surface area contributed by atoms with Crippen molar-refractivity contribution < 1.29 is 8.76 Å². The van der Waals surface area contributed by atoms with E-state index in [0.29, 0.717) is 18.0 Å². The Balaban J connectivity index is 1.45. The predicted octanol–water partition coefficient (Wildman–Crippen LogP) is 5.11. The smallest absolute Gasteiger partial charge is 0.153 e. The van der Waals surface area contributed by atoms with Gasteiger partial charge in [-0.15, -0.1) is 9.53 Å². The first kappa shape index (κ1) is 23.1. The third-order valence-electron chi connectivity index (χ3n) is 7.45. The minimum Gasteiger partial charge on any atom is -0.286 e. The molecule has 0 amide bonds. The zero-order valence-corrected chi connectivity index (χ0v) is 21.5. The topological polar surface area (TPSA) is 71.2 Å². The number of nitrogens with zero attached hydrogens (tertiary/aromatic N) is 4. The van der Waals surface area contributed by atoms with Crippen LogP contribution in [0.1, 0.15) is 50.9 Å². The van der Waals surface area contributed by atoms with Gasteiger partial charge in [-0.3, -0.25) is 4.55 Å². The normalized spacial score (nSPS) is 22.3. The lowest BCUT2D eigenvalue weighted by Crippen LogP contribution is -2.57. The van der Waals surface area contributed by atoms with E-state index in [1.807, 2.05) is 57.6 Å². The van der Waals surface area contributed by atoms with Gasteiger partial charge >= 0.3 is 0 Å². The highest BCUT2D eigenvalue weighted by molar-refractivity contribution is 8.12. The molecule has 2 aromatic heterocycles. The van der Waals surface area contributed by atoms with Gasteiger partial charge in [-0.1, -0.05) is 51.5 Å². The molecule has 2 aliphatic rings. The van der Waals surface area contributed by atoms with E-state index in [1.165, 1.54) is 11.8 Å². The zero-order chi connectivity index (χ0) is 24.4. The molecule has 7 heteroatoms. The summed E-state index contributed by atoms with van der Waals surface area (Å²) in [7, 11) is -4.19. The minimum absolute atomic E-state index is 0.00359. The molecule has 1 aromatic carbocycles. The van der Waals surface area contributed by atoms with Crippen LogP contribution in [0.25, 0.3) is 11.9 Å². The van der Waals surface area contributed by atoms with Crippen LogP contribution in [0.3, 0.4) is 0 Å². The number of hydrogen-bond donors (Lipinski definition) is 1. The number of aromatic nitrogens is 3. The Kier molecular flexibility index (Phi) is 5.07.